The molecule has 0 bridgehead atoms. The quantitative estimate of drug-likeness (QED) is 0.466. The van der Waals surface area contributed by atoms with Gasteiger partial charge in [0.15, 0.2) is 0 Å². The average molecular weight is 185 g/mol. The molecule has 50 valence electrons. The summed E-state index contributed by atoms with van der Waals surface area (Å²) in [5.41, 5.74) is 1.10. The van der Waals surface area contributed by atoms with E-state index in [1.165, 1.54) is 0 Å². The number of hydrogen-bond acceptors (Lipinski definition) is 0. The Morgan fingerprint density at radius 1 is 1.10 bits per heavy atom. The fraction of sp³-hybridized carbons (Fsp3) is 0.143. The van der Waals surface area contributed by atoms with Gasteiger partial charge in [-0.25, -0.2) is 0 Å². The van der Waals surface area contributed by atoms with Crippen molar-refractivity contribution in [3.05, 3.63) is 34.9 Å². The average Bonchev–Trinajstić information content (AvgIpc) is 1.90. The van der Waals surface area contributed by atoms with E-state index in [2.05, 4.69) is 0 Å². The Labute approximate surface area is 86.7 Å². The predicted octanol–water partition coefficient (Wildman–Crippen LogP) is 2.70. The molecule has 0 aromatic heterocycles. The van der Waals surface area contributed by atoms with Crippen LogP contribution in [0, 0.1) is 0 Å². The summed E-state index contributed by atoms with van der Waals surface area (Å²) in [5.74, 6) is 0.553. The minimum Gasteiger partial charge on any atom is -0.122 e. The second-order valence-electron chi connectivity index (χ2n) is 1.76. The van der Waals surface area contributed by atoms with Gasteiger partial charge in [-0.2, -0.15) is 0 Å². The second-order valence-corrected chi connectivity index (χ2v) is 2.46. The van der Waals surface area contributed by atoms with Crippen LogP contribution < -0.4 is 0 Å². The van der Waals surface area contributed by atoms with Gasteiger partial charge in [0, 0.05) is 34.0 Å². The molecule has 3 heteroatoms. The molecule has 0 amide bonds. The summed E-state index contributed by atoms with van der Waals surface area (Å²) in [7, 11) is 0. The van der Waals surface area contributed by atoms with Crippen molar-refractivity contribution in [2.45, 2.75) is 5.88 Å². The molecule has 0 heterocycles. The van der Waals surface area contributed by atoms with Crippen LogP contribution in [0.2, 0.25) is 5.02 Å². The highest BCUT2D eigenvalue weighted by Gasteiger charge is 1.87. The lowest BCUT2D eigenvalue weighted by Gasteiger charge is -1.91. The van der Waals surface area contributed by atoms with E-state index < -0.39 is 0 Å². The third kappa shape index (κ3) is 3.11. The van der Waals surface area contributed by atoms with Gasteiger partial charge >= 0.3 is 0 Å². The first kappa shape index (κ1) is 10.6. The molecule has 0 aliphatic carbocycles. The molecule has 1 rings (SSSR count). The summed E-state index contributed by atoms with van der Waals surface area (Å²) in [6.45, 7) is 0. The van der Waals surface area contributed by atoms with Gasteiger partial charge in [-0.1, -0.05) is 23.7 Å². The van der Waals surface area contributed by atoms with Crippen LogP contribution in [0.3, 0.4) is 0 Å². The molecular weight excluding hydrogens is 179 g/mol. The molecule has 0 spiro atoms. The van der Waals surface area contributed by atoms with Crippen molar-refractivity contribution in [3.8, 4) is 0 Å². The second kappa shape index (κ2) is 5.25. The third-order valence-electron chi connectivity index (χ3n) is 1.07. The molecule has 10 heavy (non-hydrogen) atoms. The molecule has 0 fully saturated rings. The number of alkyl halides is 1. The Bertz CT molecular complexity index is 183. The highest BCUT2D eigenvalue weighted by molar-refractivity contribution is 6.30. The topological polar surface area (TPSA) is 0 Å². The van der Waals surface area contributed by atoms with Gasteiger partial charge in [-0.15, -0.1) is 11.6 Å². The Hall–Kier alpha value is 0.566. The minimum atomic E-state index is 0. The zero-order valence-electron chi connectivity index (χ0n) is 5.48. The molecular formula is C7H6Cl2Mg. The van der Waals surface area contributed by atoms with Gasteiger partial charge in [0.2, 0.25) is 0 Å². The van der Waals surface area contributed by atoms with E-state index in [9.17, 15) is 0 Å². The fourth-order valence-corrected chi connectivity index (χ4v) is 0.878. The molecule has 0 aliphatic heterocycles. The lowest BCUT2D eigenvalue weighted by molar-refractivity contribution is 1.40. The number of halogens is 2. The number of hydrogen-bond donors (Lipinski definition) is 0. The smallest absolute Gasteiger partial charge is 0.0474 e. The van der Waals surface area contributed by atoms with Crippen LogP contribution in [0.25, 0.3) is 0 Å². The van der Waals surface area contributed by atoms with Crippen LogP contribution in [0.15, 0.2) is 24.3 Å². The van der Waals surface area contributed by atoms with Crippen LogP contribution in [-0.4, -0.2) is 23.1 Å². The van der Waals surface area contributed by atoms with Crippen molar-refractivity contribution in [1.29, 1.82) is 0 Å². The van der Waals surface area contributed by atoms with Gasteiger partial charge in [0.05, 0.1) is 0 Å². The highest BCUT2D eigenvalue weighted by Crippen LogP contribution is 2.10. The monoisotopic (exact) mass is 184 g/mol. The van der Waals surface area contributed by atoms with Crippen LogP contribution in [0.1, 0.15) is 5.56 Å². The van der Waals surface area contributed by atoms with Gasteiger partial charge in [-0.3, -0.25) is 0 Å². The van der Waals surface area contributed by atoms with Crippen molar-refractivity contribution in [3.63, 3.8) is 0 Å². The maximum atomic E-state index is 5.63. The fourth-order valence-electron chi connectivity index (χ4n) is 0.573. The summed E-state index contributed by atoms with van der Waals surface area (Å²) < 4.78 is 0. The van der Waals surface area contributed by atoms with Crippen molar-refractivity contribution >= 4 is 46.3 Å². The third-order valence-corrected chi connectivity index (χ3v) is 1.63. The van der Waals surface area contributed by atoms with E-state index >= 15 is 0 Å². The first-order valence-corrected chi connectivity index (χ1v) is 3.54. The SMILES string of the molecule is ClCc1ccc(Cl)cc1.[Mg]. The van der Waals surface area contributed by atoms with E-state index in [-0.39, 0.29) is 23.1 Å². The Morgan fingerprint density at radius 3 is 2.00 bits per heavy atom. The molecule has 0 atom stereocenters. The Morgan fingerprint density at radius 2 is 1.60 bits per heavy atom. The number of rotatable bonds is 1. The summed E-state index contributed by atoms with van der Waals surface area (Å²) >= 11 is 11.2. The maximum Gasteiger partial charge on any atom is 0.0474 e. The zero-order valence-corrected chi connectivity index (χ0v) is 8.41. The van der Waals surface area contributed by atoms with Gasteiger partial charge in [-0.05, 0) is 17.7 Å². The zero-order chi connectivity index (χ0) is 6.69. The summed E-state index contributed by atoms with van der Waals surface area (Å²) in [4.78, 5) is 0. The van der Waals surface area contributed by atoms with Crippen molar-refractivity contribution in [1.82, 2.24) is 0 Å². The highest BCUT2D eigenvalue weighted by atomic mass is 35.5. The van der Waals surface area contributed by atoms with Crippen LogP contribution >= 0.6 is 23.2 Å². The van der Waals surface area contributed by atoms with Gasteiger partial charge < -0.3 is 0 Å². The number of benzene rings is 1. The minimum absolute atomic E-state index is 0. The Balaban J connectivity index is 0.000000810. The molecule has 0 N–H and O–H groups in total. The predicted molar refractivity (Wildman–Crippen MR) is 46.8 cm³/mol. The van der Waals surface area contributed by atoms with E-state index in [1.54, 1.807) is 0 Å². The van der Waals surface area contributed by atoms with Gasteiger partial charge in [0.1, 0.15) is 0 Å². The Kier molecular flexibility index (Phi) is 5.54. The summed E-state index contributed by atoms with van der Waals surface area (Å²) in [6, 6.07) is 7.49. The summed E-state index contributed by atoms with van der Waals surface area (Å²) in [6.07, 6.45) is 0. The first-order chi connectivity index (χ1) is 4.33. The normalized spacial score (nSPS) is 8.60. The molecule has 1 aromatic carbocycles. The van der Waals surface area contributed by atoms with Crippen molar-refractivity contribution < 1.29 is 0 Å². The van der Waals surface area contributed by atoms with Crippen molar-refractivity contribution in [2.75, 3.05) is 0 Å². The van der Waals surface area contributed by atoms with E-state index in [4.69, 9.17) is 23.2 Å². The lowest BCUT2D eigenvalue weighted by atomic mass is 10.2. The molecule has 0 saturated heterocycles. The largest absolute Gasteiger partial charge is 0.122 e. The van der Waals surface area contributed by atoms with E-state index in [0.717, 1.165) is 10.6 Å². The molecule has 0 aliphatic rings. The molecule has 1 aromatic rings. The van der Waals surface area contributed by atoms with Crippen molar-refractivity contribution in [2.24, 2.45) is 0 Å². The summed E-state index contributed by atoms with van der Waals surface area (Å²) in [5, 5.41) is 0.754. The maximum absolute atomic E-state index is 5.63. The standard InChI is InChI=1S/C7H6Cl2.Mg/c8-5-6-1-3-7(9)4-2-6;/h1-4H,5H2;. The first-order valence-electron chi connectivity index (χ1n) is 2.63. The molecule has 0 saturated carbocycles. The van der Waals surface area contributed by atoms with Crippen LogP contribution in [0.4, 0.5) is 0 Å². The van der Waals surface area contributed by atoms with E-state index in [0.29, 0.717) is 5.88 Å². The van der Waals surface area contributed by atoms with Crippen LogP contribution in [-0.2, 0) is 5.88 Å². The molecule has 0 unspecified atom stereocenters. The van der Waals surface area contributed by atoms with Crippen LogP contribution in [0.5, 0.6) is 0 Å². The lowest BCUT2D eigenvalue weighted by Crippen LogP contribution is -1.73. The molecule has 0 nitrogen and oxygen atoms in total. The van der Waals surface area contributed by atoms with Gasteiger partial charge in [0.25, 0.3) is 0 Å². The molecule has 2 radical (unpaired) electrons. The van der Waals surface area contributed by atoms with E-state index in [1.807, 2.05) is 24.3 Å².